The number of nitrogens with zero attached hydrogens (tertiary/aromatic N) is 4. The smallest absolute Gasteiger partial charge is 0.236 e. The van der Waals surface area contributed by atoms with E-state index in [9.17, 15) is 4.79 Å². The summed E-state index contributed by atoms with van der Waals surface area (Å²) < 4.78 is 7.53. The van der Waals surface area contributed by atoms with Crippen LogP contribution in [0.1, 0.15) is 37.8 Å². The Morgan fingerprint density at radius 1 is 1.19 bits per heavy atom. The zero-order valence-corrected chi connectivity index (χ0v) is 20.1. The highest BCUT2D eigenvalue weighted by atomic mass is 32.2. The maximum Gasteiger partial charge on any atom is 0.236 e. The van der Waals surface area contributed by atoms with Gasteiger partial charge in [-0.25, -0.2) is 4.98 Å². The zero-order chi connectivity index (χ0) is 22.7. The largest absolute Gasteiger partial charge is 0.467 e. The fourth-order valence-corrected chi connectivity index (χ4v) is 4.57. The number of amides is 1. The quantitative estimate of drug-likeness (QED) is 0.367. The summed E-state index contributed by atoms with van der Waals surface area (Å²) in [6, 6.07) is 12.1. The van der Waals surface area contributed by atoms with Crippen LogP contribution in [0.3, 0.4) is 0 Å². The number of rotatable bonds is 7. The van der Waals surface area contributed by atoms with E-state index >= 15 is 0 Å². The van der Waals surface area contributed by atoms with Gasteiger partial charge in [0.1, 0.15) is 5.76 Å². The Kier molecular flexibility index (Phi) is 6.48. The monoisotopic (exact) mass is 467 g/mol. The van der Waals surface area contributed by atoms with E-state index in [1.165, 1.54) is 28.7 Å². The molecule has 0 atom stereocenters. The van der Waals surface area contributed by atoms with Gasteiger partial charge in [-0.05, 0) is 30.0 Å². The molecule has 1 amide bonds. The second-order valence-electron chi connectivity index (χ2n) is 8.43. The SMILES string of the molecule is Cc1csc(NC(=O)CSc2nnc(-c3ccc(C(C)(C)C)cc3)n2Cc2ccco2)n1. The second-order valence-corrected chi connectivity index (χ2v) is 10.2. The summed E-state index contributed by atoms with van der Waals surface area (Å²) in [5.74, 6) is 1.60. The van der Waals surface area contributed by atoms with Crippen molar-refractivity contribution in [1.82, 2.24) is 19.7 Å². The van der Waals surface area contributed by atoms with Crippen molar-refractivity contribution in [3.63, 3.8) is 0 Å². The van der Waals surface area contributed by atoms with E-state index in [1.54, 1.807) is 6.26 Å². The molecule has 0 saturated heterocycles. The molecule has 0 spiro atoms. The molecule has 3 heterocycles. The Morgan fingerprint density at radius 3 is 2.59 bits per heavy atom. The summed E-state index contributed by atoms with van der Waals surface area (Å²) in [4.78, 5) is 16.7. The number of thiazole rings is 1. The molecule has 32 heavy (non-hydrogen) atoms. The van der Waals surface area contributed by atoms with Crippen molar-refractivity contribution in [2.75, 3.05) is 11.1 Å². The van der Waals surface area contributed by atoms with Crippen LogP contribution in [0.2, 0.25) is 0 Å². The fourth-order valence-electron chi connectivity index (χ4n) is 3.13. The fraction of sp³-hybridized carbons (Fsp3) is 0.304. The van der Waals surface area contributed by atoms with Crippen LogP contribution in [-0.2, 0) is 16.8 Å². The predicted octanol–water partition coefficient (Wildman–Crippen LogP) is 5.38. The number of aromatic nitrogens is 4. The summed E-state index contributed by atoms with van der Waals surface area (Å²) in [5.41, 5.74) is 3.18. The number of thioether (sulfide) groups is 1. The van der Waals surface area contributed by atoms with E-state index in [0.717, 1.165) is 22.8 Å². The highest BCUT2D eigenvalue weighted by molar-refractivity contribution is 7.99. The lowest BCUT2D eigenvalue weighted by Gasteiger charge is -2.19. The zero-order valence-electron chi connectivity index (χ0n) is 18.5. The lowest BCUT2D eigenvalue weighted by Crippen LogP contribution is -2.14. The third-order valence-electron chi connectivity index (χ3n) is 4.82. The van der Waals surface area contributed by atoms with Crippen molar-refractivity contribution in [3.05, 3.63) is 65.1 Å². The minimum atomic E-state index is -0.132. The molecule has 4 aromatic rings. The molecule has 0 aliphatic carbocycles. The number of carbonyl (C=O) groups is 1. The third-order valence-corrected chi connectivity index (χ3v) is 6.66. The Morgan fingerprint density at radius 2 is 1.97 bits per heavy atom. The molecule has 0 fully saturated rings. The van der Waals surface area contributed by atoms with Gasteiger partial charge in [-0.2, -0.15) is 0 Å². The first-order chi connectivity index (χ1) is 15.3. The minimum absolute atomic E-state index is 0.0741. The first-order valence-corrected chi connectivity index (χ1v) is 12.1. The molecule has 0 saturated carbocycles. The highest BCUT2D eigenvalue weighted by Crippen LogP contribution is 2.28. The molecule has 3 aromatic heterocycles. The van der Waals surface area contributed by atoms with E-state index in [2.05, 4.69) is 65.5 Å². The summed E-state index contributed by atoms with van der Waals surface area (Å²) in [5, 5.41) is 14.8. The van der Waals surface area contributed by atoms with Crippen molar-refractivity contribution in [2.45, 2.75) is 44.8 Å². The topological polar surface area (TPSA) is 85.8 Å². The van der Waals surface area contributed by atoms with Crippen LogP contribution in [0.25, 0.3) is 11.4 Å². The van der Waals surface area contributed by atoms with Gasteiger partial charge in [-0.15, -0.1) is 21.5 Å². The standard InChI is InChI=1S/C23H25N5O2S2/c1-15-13-31-21(24-15)25-19(29)14-32-22-27-26-20(28(22)12-18-6-5-11-30-18)16-7-9-17(10-8-16)23(2,3)4/h5-11,13H,12,14H2,1-4H3,(H,24,25,29). The Hall–Kier alpha value is -2.91. The Bertz CT molecular complexity index is 1190. The molecule has 1 N–H and O–H groups in total. The van der Waals surface area contributed by atoms with Gasteiger partial charge < -0.3 is 9.73 Å². The lowest BCUT2D eigenvalue weighted by molar-refractivity contribution is -0.113. The van der Waals surface area contributed by atoms with Crippen molar-refractivity contribution < 1.29 is 9.21 Å². The van der Waals surface area contributed by atoms with E-state index in [-0.39, 0.29) is 17.1 Å². The summed E-state index contributed by atoms with van der Waals surface area (Å²) in [6.45, 7) is 8.94. The molecule has 1 aromatic carbocycles. The average molecular weight is 468 g/mol. The number of nitrogens with one attached hydrogen (secondary N) is 1. The molecular weight excluding hydrogens is 442 g/mol. The van der Waals surface area contributed by atoms with Crippen LogP contribution in [0.5, 0.6) is 0 Å². The molecule has 7 nitrogen and oxygen atoms in total. The van der Waals surface area contributed by atoms with Crippen molar-refractivity contribution in [2.24, 2.45) is 0 Å². The highest BCUT2D eigenvalue weighted by Gasteiger charge is 2.19. The van der Waals surface area contributed by atoms with Gasteiger partial charge in [0.15, 0.2) is 16.1 Å². The normalized spacial score (nSPS) is 11.6. The average Bonchev–Trinajstić information content (AvgIpc) is 3.49. The number of benzene rings is 1. The lowest BCUT2D eigenvalue weighted by atomic mass is 9.87. The molecular formula is C23H25N5O2S2. The van der Waals surface area contributed by atoms with Gasteiger partial charge >= 0.3 is 0 Å². The van der Waals surface area contributed by atoms with Crippen molar-refractivity contribution in [3.8, 4) is 11.4 Å². The van der Waals surface area contributed by atoms with E-state index in [0.29, 0.717) is 16.8 Å². The Balaban J connectivity index is 1.55. The molecule has 0 radical (unpaired) electrons. The number of carbonyl (C=O) groups excluding carboxylic acids is 1. The first kappa shape index (κ1) is 22.3. The van der Waals surface area contributed by atoms with Gasteiger partial charge in [0.25, 0.3) is 0 Å². The molecule has 0 aliphatic heterocycles. The van der Waals surface area contributed by atoms with E-state index in [1.807, 2.05) is 29.0 Å². The van der Waals surface area contributed by atoms with E-state index < -0.39 is 0 Å². The van der Waals surface area contributed by atoms with Crippen LogP contribution >= 0.6 is 23.1 Å². The maximum absolute atomic E-state index is 12.4. The molecule has 0 aliphatic rings. The van der Waals surface area contributed by atoms with Gasteiger partial charge in [-0.1, -0.05) is 56.8 Å². The van der Waals surface area contributed by atoms with Gasteiger partial charge in [0, 0.05) is 10.9 Å². The van der Waals surface area contributed by atoms with Crippen LogP contribution in [0.4, 0.5) is 5.13 Å². The Labute approximate surface area is 195 Å². The van der Waals surface area contributed by atoms with Crippen molar-refractivity contribution in [1.29, 1.82) is 0 Å². The number of aryl methyl sites for hydroxylation is 1. The molecule has 9 heteroatoms. The summed E-state index contributed by atoms with van der Waals surface area (Å²) in [7, 11) is 0. The number of hydrogen-bond acceptors (Lipinski definition) is 7. The van der Waals surface area contributed by atoms with Crippen LogP contribution in [0, 0.1) is 6.92 Å². The van der Waals surface area contributed by atoms with Crippen LogP contribution in [0.15, 0.2) is 57.6 Å². The minimum Gasteiger partial charge on any atom is -0.467 e. The number of hydrogen-bond donors (Lipinski definition) is 1. The summed E-state index contributed by atoms with van der Waals surface area (Å²) in [6.07, 6.45) is 1.65. The van der Waals surface area contributed by atoms with Crippen LogP contribution in [-0.4, -0.2) is 31.4 Å². The number of furan rings is 1. The van der Waals surface area contributed by atoms with Gasteiger partial charge in [0.2, 0.25) is 5.91 Å². The maximum atomic E-state index is 12.4. The molecule has 166 valence electrons. The molecule has 0 unspecified atom stereocenters. The summed E-state index contributed by atoms with van der Waals surface area (Å²) >= 11 is 2.75. The third kappa shape index (κ3) is 5.28. The predicted molar refractivity (Wildman–Crippen MR) is 128 cm³/mol. The second kappa shape index (κ2) is 9.30. The van der Waals surface area contributed by atoms with Crippen molar-refractivity contribution >= 4 is 34.1 Å². The first-order valence-electron chi connectivity index (χ1n) is 10.2. The van der Waals surface area contributed by atoms with Gasteiger partial charge in [0.05, 0.1) is 24.3 Å². The van der Waals surface area contributed by atoms with E-state index in [4.69, 9.17) is 4.42 Å². The number of anilines is 1. The molecule has 4 rings (SSSR count). The van der Waals surface area contributed by atoms with Gasteiger partial charge in [-0.3, -0.25) is 9.36 Å². The van der Waals surface area contributed by atoms with Crippen LogP contribution < -0.4 is 5.32 Å². The molecule has 0 bridgehead atoms.